The quantitative estimate of drug-likeness (QED) is 0.459. The van der Waals surface area contributed by atoms with E-state index < -0.39 is 5.91 Å². The van der Waals surface area contributed by atoms with Crippen LogP contribution in [-0.4, -0.2) is 33.8 Å². The summed E-state index contributed by atoms with van der Waals surface area (Å²) in [6.45, 7) is 0. The van der Waals surface area contributed by atoms with Gasteiger partial charge in [-0.3, -0.25) is 14.6 Å². The Morgan fingerprint density at radius 3 is 2.58 bits per heavy atom. The summed E-state index contributed by atoms with van der Waals surface area (Å²) in [5, 5.41) is 6.20. The number of anilines is 1. The van der Waals surface area contributed by atoms with E-state index >= 15 is 0 Å². The number of hydrogen-bond donors (Lipinski definition) is 2. The standard InChI is InChI=1S/C22H16ClN5O3/c1-24-21(29)17-12-13(10-11-25-17)31-18-6-2-4-15-14(18)8-9-20(27-15)28-22(30)16-5-3-7-19(23)26-16/h2-12H,1H3,(H,24,29)(H,27,28,30). The average Bonchev–Trinajstić information content (AvgIpc) is 2.79. The lowest BCUT2D eigenvalue weighted by molar-refractivity contribution is 0.0957. The van der Waals surface area contributed by atoms with Crippen LogP contribution in [0.15, 0.2) is 66.9 Å². The second-order valence-electron chi connectivity index (χ2n) is 6.38. The summed E-state index contributed by atoms with van der Waals surface area (Å²) in [6, 6.07) is 16.9. The van der Waals surface area contributed by atoms with Gasteiger partial charge in [0, 0.05) is 24.7 Å². The molecule has 0 fully saturated rings. The minimum atomic E-state index is -0.416. The first kappa shape index (κ1) is 20.2. The van der Waals surface area contributed by atoms with Crippen LogP contribution in [0, 0.1) is 0 Å². The Morgan fingerprint density at radius 2 is 1.77 bits per heavy atom. The highest BCUT2D eigenvalue weighted by molar-refractivity contribution is 6.29. The molecule has 0 unspecified atom stereocenters. The first-order chi connectivity index (χ1) is 15.0. The zero-order valence-electron chi connectivity index (χ0n) is 16.3. The summed E-state index contributed by atoms with van der Waals surface area (Å²) < 4.78 is 5.96. The molecule has 0 aliphatic heterocycles. The molecule has 0 aliphatic carbocycles. The van der Waals surface area contributed by atoms with Crippen LogP contribution in [0.25, 0.3) is 10.9 Å². The van der Waals surface area contributed by atoms with Crippen LogP contribution in [-0.2, 0) is 0 Å². The molecule has 0 saturated carbocycles. The largest absolute Gasteiger partial charge is 0.457 e. The highest BCUT2D eigenvalue weighted by Gasteiger charge is 2.12. The van der Waals surface area contributed by atoms with Crippen molar-refractivity contribution in [3.8, 4) is 11.5 Å². The topological polar surface area (TPSA) is 106 Å². The second-order valence-corrected chi connectivity index (χ2v) is 6.76. The number of pyridine rings is 3. The first-order valence-corrected chi connectivity index (χ1v) is 9.61. The molecule has 31 heavy (non-hydrogen) atoms. The Hall–Kier alpha value is -4.04. The molecule has 8 nitrogen and oxygen atoms in total. The number of aromatic nitrogens is 3. The van der Waals surface area contributed by atoms with Gasteiger partial charge in [-0.2, -0.15) is 0 Å². The molecule has 2 amide bonds. The van der Waals surface area contributed by atoms with Crippen molar-refractivity contribution in [2.75, 3.05) is 12.4 Å². The van der Waals surface area contributed by atoms with Crippen LogP contribution in [0.4, 0.5) is 5.82 Å². The van der Waals surface area contributed by atoms with Gasteiger partial charge in [-0.1, -0.05) is 23.7 Å². The van der Waals surface area contributed by atoms with Crippen molar-refractivity contribution < 1.29 is 14.3 Å². The number of halogens is 1. The van der Waals surface area contributed by atoms with Gasteiger partial charge in [0.15, 0.2) is 0 Å². The van der Waals surface area contributed by atoms with Crippen molar-refractivity contribution in [2.24, 2.45) is 0 Å². The molecule has 9 heteroatoms. The third kappa shape index (κ3) is 4.59. The van der Waals surface area contributed by atoms with Crippen molar-refractivity contribution in [1.29, 1.82) is 0 Å². The molecule has 0 bridgehead atoms. The van der Waals surface area contributed by atoms with Crippen LogP contribution in [0.5, 0.6) is 11.5 Å². The first-order valence-electron chi connectivity index (χ1n) is 9.23. The number of carbonyl (C=O) groups is 2. The zero-order chi connectivity index (χ0) is 21.8. The molecule has 4 aromatic rings. The lowest BCUT2D eigenvalue weighted by atomic mass is 10.2. The Balaban J connectivity index is 1.59. The van der Waals surface area contributed by atoms with E-state index in [-0.39, 0.29) is 22.4 Å². The molecule has 3 heterocycles. The van der Waals surface area contributed by atoms with E-state index in [1.54, 1.807) is 60.7 Å². The summed E-state index contributed by atoms with van der Waals surface area (Å²) in [7, 11) is 1.53. The number of nitrogens with one attached hydrogen (secondary N) is 2. The second kappa shape index (κ2) is 8.76. The number of rotatable bonds is 5. The summed E-state index contributed by atoms with van der Waals surface area (Å²) in [5.41, 5.74) is 1.06. The number of fused-ring (bicyclic) bond motifs is 1. The lowest BCUT2D eigenvalue weighted by Gasteiger charge is -2.11. The van der Waals surface area contributed by atoms with E-state index in [9.17, 15) is 9.59 Å². The number of benzene rings is 1. The number of amides is 2. The summed E-state index contributed by atoms with van der Waals surface area (Å²) in [5.74, 6) is 0.654. The molecule has 0 radical (unpaired) electrons. The Bertz CT molecular complexity index is 1300. The molecule has 3 aromatic heterocycles. The van der Waals surface area contributed by atoms with Crippen molar-refractivity contribution in [3.63, 3.8) is 0 Å². The molecule has 4 rings (SSSR count). The Morgan fingerprint density at radius 1 is 0.935 bits per heavy atom. The summed E-state index contributed by atoms with van der Waals surface area (Å²) in [6.07, 6.45) is 1.50. The van der Waals surface area contributed by atoms with Crippen molar-refractivity contribution >= 4 is 40.1 Å². The maximum Gasteiger partial charge on any atom is 0.275 e. The van der Waals surface area contributed by atoms with Gasteiger partial charge in [0.2, 0.25) is 0 Å². The molecule has 1 aromatic carbocycles. The van der Waals surface area contributed by atoms with Crippen LogP contribution in [0.2, 0.25) is 5.15 Å². The molecular formula is C22H16ClN5O3. The SMILES string of the molecule is CNC(=O)c1cc(Oc2cccc3nc(NC(=O)c4cccc(Cl)n4)ccc23)ccn1. The van der Waals surface area contributed by atoms with Gasteiger partial charge in [0.1, 0.15) is 33.9 Å². The van der Waals surface area contributed by atoms with Gasteiger partial charge in [-0.25, -0.2) is 9.97 Å². The number of hydrogen-bond acceptors (Lipinski definition) is 6. The third-order valence-electron chi connectivity index (χ3n) is 4.30. The highest BCUT2D eigenvalue weighted by atomic mass is 35.5. The summed E-state index contributed by atoms with van der Waals surface area (Å²) in [4.78, 5) is 36.7. The smallest absolute Gasteiger partial charge is 0.275 e. The van der Waals surface area contributed by atoms with Crippen molar-refractivity contribution in [3.05, 3.63) is 83.4 Å². The van der Waals surface area contributed by atoms with Gasteiger partial charge in [0.25, 0.3) is 11.8 Å². The minimum Gasteiger partial charge on any atom is -0.457 e. The summed E-state index contributed by atoms with van der Waals surface area (Å²) >= 11 is 5.84. The maximum atomic E-state index is 12.4. The molecule has 0 spiro atoms. The highest BCUT2D eigenvalue weighted by Crippen LogP contribution is 2.30. The Kier molecular flexibility index (Phi) is 5.72. The van der Waals surface area contributed by atoms with Crippen LogP contribution in [0.1, 0.15) is 21.0 Å². The lowest BCUT2D eigenvalue weighted by Crippen LogP contribution is -2.18. The van der Waals surface area contributed by atoms with Crippen LogP contribution >= 0.6 is 11.6 Å². The van der Waals surface area contributed by atoms with Crippen molar-refractivity contribution in [2.45, 2.75) is 0 Å². The maximum absolute atomic E-state index is 12.4. The molecule has 154 valence electrons. The molecular weight excluding hydrogens is 418 g/mol. The number of nitrogens with zero attached hydrogens (tertiary/aromatic N) is 3. The van der Waals surface area contributed by atoms with Crippen molar-refractivity contribution in [1.82, 2.24) is 20.3 Å². The average molecular weight is 434 g/mol. The minimum absolute atomic E-state index is 0.191. The fourth-order valence-electron chi connectivity index (χ4n) is 2.85. The normalized spacial score (nSPS) is 10.5. The van der Waals surface area contributed by atoms with Crippen LogP contribution in [0.3, 0.4) is 0 Å². The van der Waals surface area contributed by atoms with E-state index in [2.05, 4.69) is 25.6 Å². The third-order valence-corrected chi connectivity index (χ3v) is 4.51. The monoisotopic (exact) mass is 433 g/mol. The predicted octanol–water partition coefficient (Wildman–Crippen LogP) is 4.08. The zero-order valence-corrected chi connectivity index (χ0v) is 17.1. The fourth-order valence-corrected chi connectivity index (χ4v) is 3.02. The number of ether oxygens (including phenoxy) is 1. The fraction of sp³-hybridized carbons (Fsp3) is 0.0455. The van der Waals surface area contributed by atoms with Gasteiger partial charge in [-0.15, -0.1) is 0 Å². The Labute approximate surface area is 182 Å². The van der Waals surface area contributed by atoms with E-state index in [4.69, 9.17) is 16.3 Å². The molecule has 0 atom stereocenters. The van der Waals surface area contributed by atoms with Gasteiger partial charge in [-0.05, 0) is 42.5 Å². The van der Waals surface area contributed by atoms with E-state index in [0.29, 0.717) is 22.8 Å². The van der Waals surface area contributed by atoms with E-state index in [0.717, 1.165) is 5.39 Å². The predicted molar refractivity (Wildman–Crippen MR) is 117 cm³/mol. The van der Waals surface area contributed by atoms with Gasteiger partial charge in [0.05, 0.1) is 5.52 Å². The van der Waals surface area contributed by atoms with Crippen LogP contribution < -0.4 is 15.4 Å². The molecule has 0 saturated heterocycles. The van der Waals surface area contributed by atoms with Gasteiger partial charge < -0.3 is 15.4 Å². The molecule has 0 aliphatic rings. The molecule has 2 N–H and O–H groups in total. The van der Waals surface area contributed by atoms with Gasteiger partial charge >= 0.3 is 0 Å². The number of carbonyl (C=O) groups excluding carboxylic acids is 2. The van der Waals surface area contributed by atoms with E-state index in [1.807, 2.05) is 0 Å². The van der Waals surface area contributed by atoms with E-state index in [1.165, 1.54) is 13.2 Å².